The molecule has 0 aliphatic carbocycles. The molecule has 1 amide bonds. The van der Waals surface area contributed by atoms with Crippen LogP contribution in [0.4, 0.5) is 0 Å². The van der Waals surface area contributed by atoms with Gasteiger partial charge in [-0.15, -0.1) is 0 Å². The van der Waals surface area contributed by atoms with Crippen molar-refractivity contribution in [2.75, 3.05) is 19.7 Å². The third-order valence-electron chi connectivity index (χ3n) is 4.26. The molecule has 4 heteroatoms. The lowest BCUT2D eigenvalue weighted by Gasteiger charge is -2.38. The third kappa shape index (κ3) is 5.45. The second-order valence-corrected chi connectivity index (χ2v) is 7.64. The summed E-state index contributed by atoms with van der Waals surface area (Å²) in [5.74, 6) is 0.671. The molecule has 24 heavy (non-hydrogen) atoms. The normalized spacial score (nSPS) is 17.1. The molecule has 1 aliphatic rings. The average molecular weight is 331 g/mol. The molecule has 0 aromatic heterocycles. The molecule has 132 valence electrons. The summed E-state index contributed by atoms with van der Waals surface area (Å²) in [5, 5.41) is 0. The molecule has 1 aliphatic heterocycles. The molecule has 1 aromatic rings. The summed E-state index contributed by atoms with van der Waals surface area (Å²) in [6.45, 7) is 10.1. The second kappa shape index (κ2) is 7.93. The van der Waals surface area contributed by atoms with Crippen LogP contribution in [0.2, 0.25) is 0 Å². The minimum absolute atomic E-state index is 0.0342. The molecule has 0 spiro atoms. The predicted molar refractivity (Wildman–Crippen MR) is 95.2 cm³/mol. The number of ether oxygens (including phenoxy) is 1. The Balaban J connectivity index is 1.85. The van der Waals surface area contributed by atoms with E-state index in [4.69, 9.17) is 4.74 Å². The van der Waals surface area contributed by atoms with Crippen molar-refractivity contribution in [1.29, 1.82) is 0 Å². The first kappa shape index (κ1) is 18.7. The minimum atomic E-state index is -0.301. The maximum atomic E-state index is 12.3. The Morgan fingerprint density at radius 1 is 1.17 bits per heavy atom. The lowest BCUT2D eigenvalue weighted by Crippen LogP contribution is -2.50. The Hall–Kier alpha value is -1.68. The van der Waals surface area contributed by atoms with E-state index < -0.39 is 0 Å². The number of benzene rings is 1. The Morgan fingerprint density at radius 2 is 1.83 bits per heavy atom. The minimum Gasteiger partial charge on any atom is -0.372 e. The summed E-state index contributed by atoms with van der Waals surface area (Å²) in [7, 11) is 0. The van der Waals surface area contributed by atoms with E-state index in [9.17, 15) is 9.59 Å². The number of amides is 1. The molecule has 0 unspecified atom stereocenters. The maximum absolute atomic E-state index is 12.3. The Morgan fingerprint density at radius 3 is 2.42 bits per heavy atom. The summed E-state index contributed by atoms with van der Waals surface area (Å²) in [5.41, 5.74) is 1.63. The van der Waals surface area contributed by atoms with Crippen LogP contribution < -0.4 is 0 Å². The van der Waals surface area contributed by atoms with Gasteiger partial charge in [-0.2, -0.15) is 0 Å². The van der Waals surface area contributed by atoms with Gasteiger partial charge in [0, 0.05) is 31.5 Å². The Kier molecular flexibility index (Phi) is 6.16. The van der Waals surface area contributed by atoms with Crippen molar-refractivity contribution < 1.29 is 14.3 Å². The van der Waals surface area contributed by atoms with Crippen LogP contribution in [0.5, 0.6) is 0 Å². The molecule has 0 N–H and O–H groups in total. The maximum Gasteiger partial charge on any atom is 0.223 e. The summed E-state index contributed by atoms with van der Waals surface area (Å²) < 4.78 is 5.62. The van der Waals surface area contributed by atoms with Gasteiger partial charge < -0.3 is 9.64 Å². The van der Waals surface area contributed by atoms with Gasteiger partial charge in [-0.25, -0.2) is 0 Å². The lowest BCUT2D eigenvalue weighted by molar-refractivity contribution is -0.145. The number of Topliss-reactive ketones (excluding diaryl/α,β-unsaturated/α-hetero) is 1. The molecule has 1 aromatic carbocycles. The molecule has 2 rings (SSSR count). The second-order valence-electron chi connectivity index (χ2n) is 7.64. The Bertz CT molecular complexity index is 575. The van der Waals surface area contributed by atoms with Gasteiger partial charge in [-0.05, 0) is 31.7 Å². The smallest absolute Gasteiger partial charge is 0.223 e. The highest BCUT2D eigenvalue weighted by molar-refractivity contribution is 5.98. The van der Waals surface area contributed by atoms with Gasteiger partial charge in [0.1, 0.15) is 0 Å². The van der Waals surface area contributed by atoms with Gasteiger partial charge in [-0.3, -0.25) is 9.59 Å². The fourth-order valence-corrected chi connectivity index (χ4v) is 3.05. The quantitative estimate of drug-likeness (QED) is 0.750. The van der Waals surface area contributed by atoms with Crippen LogP contribution in [-0.4, -0.2) is 41.9 Å². The van der Waals surface area contributed by atoms with Gasteiger partial charge in [0.2, 0.25) is 5.91 Å². The van der Waals surface area contributed by atoms with Crippen LogP contribution in [-0.2, 0) is 16.0 Å². The highest BCUT2D eigenvalue weighted by Crippen LogP contribution is 2.18. The van der Waals surface area contributed by atoms with Crippen LogP contribution in [0.15, 0.2) is 24.3 Å². The number of carbonyl (C=O) groups is 2. The number of carbonyl (C=O) groups excluding carboxylic acids is 2. The van der Waals surface area contributed by atoms with Crippen LogP contribution >= 0.6 is 0 Å². The van der Waals surface area contributed by atoms with Gasteiger partial charge in [-0.1, -0.05) is 38.1 Å². The highest BCUT2D eigenvalue weighted by Gasteiger charge is 2.29. The zero-order chi connectivity index (χ0) is 17.7. The average Bonchev–Trinajstić information content (AvgIpc) is 2.51. The molecular formula is C20H29NO3. The van der Waals surface area contributed by atoms with Crippen molar-refractivity contribution >= 4 is 11.7 Å². The van der Waals surface area contributed by atoms with Crippen LogP contribution in [0.3, 0.4) is 0 Å². The monoisotopic (exact) mass is 331 g/mol. The van der Waals surface area contributed by atoms with Crippen LogP contribution in [0, 0.1) is 5.92 Å². The Labute approximate surface area is 145 Å². The van der Waals surface area contributed by atoms with E-state index >= 15 is 0 Å². The van der Waals surface area contributed by atoms with Crippen molar-refractivity contribution in [1.82, 2.24) is 4.90 Å². The molecule has 1 heterocycles. The van der Waals surface area contributed by atoms with Crippen molar-refractivity contribution in [2.45, 2.75) is 52.6 Å². The topological polar surface area (TPSA) is 46.6 Å². The molecule has 0 bridgehead atoms. The zero-order valence-corrected chi connectivity index (χ0v) is 15.3. The standard InChI is InChI=1S/C20H29NO3/c1-15(2)13-16-5-7-17(8-6-16)18(22)9-10-19(23)21-11-12-24-20(3,4)14-21/h5-8,15H,9-14H2,1-4H3. The van der Waals surface area contributed by atoms with Crippen LogP contribution in [0.1, 0.15) is 56.5 Å². The first-order valence-corrected chi connectivity index (χ1v) is 8.81. The van der Waals surface area contributed by atoms with E-state index in [2.05, 4.69) is 13.8 Å². The fourth-order valence-electron chi connectivity index (χ4n) is 3.05. The molecule has 0 atom stereocenters. The number of morpholine rings is 1. The zero-order valence-electron chi connectivity index (χ0n) is 15.3. The number of hydrogen-bond donors (Lipinski definition) is 0. The molecule has 4 nitrogen and oxygen atoms in total. The molecular weight excluding hydrogens is 302 g/mol. The highest BCUT2D eigenvalue weighted by atomic mass is 16.5. The van der Waals surface area contributed by atoms with E-state index in [0.717, 1.165) is 6.42 Å². The van der Waals surface area contributed by atoms with Crippen molar-refractivity contribution in [3.05, 3.63) is 35.4 Å². The summed E-state index contributed by atoms with van der Waals surface area (Å²) in [6.07, 6.45) is 1.54. The van der Waals surface area contributed by atoms with Gasteiger partial charge >= 0.3 is 0 Å². The van der Waals surface area contributed by atoms with E-state index in [1.54, 1.807) is 0 Å². The van der Waals surface area contributed by atoms with E-state index in [-0.39, 0.29) is 30.1 Å². The number of rotatable bonds is 6. The first-order valence-electron chi connectivity index (χ1n) is 8.81. The van der Waals surface area contributed by atoms with Crippen molar-refractivity contribution in [3.63, 3.8) is 0 Å². The van der Waals surface area contributed by atoms with Crippen molar-refractivity contribution in [2.24, 2.45) is 5.92 Å². The molecule has 1 saturated heterocycles. The summed E-state index contributed by atoms with van der Waals surface area (Å²) in [6, 6.07) is 7.78. The van der Waals surface area contributed by atoms with E-state index in [0.29, 0.717) is 31.2 Å². The van der Waals surface area contributed by atoms with E-state index in [1.807, 2.05) is 43.0 Å². The summed E-state index contributed by atoms with van der Waals surface area (Å²) >= 11 is 0. The number of hydrogen-bond acceptors (Lipinski definition) is 3. The number of ketones is 1. The third-order valence-corrected chi connectivity index (χ3v) is 4.26. The fraction of sp³-hybridized carbons (Fsp3) is 0.600. The number of nitrogens with zero attached hydrogens (tertiary/aromatic N) is 1. The van der Waals surface area contributed by atoms with Gasteiger partial charge in [0.05, 0.1) is 12.2 Å². The molecule has 1 fully saturated rings. The largest absolute Gasteiger partial charge is 0.372 e. The molecule has 0 saturated carbocycles. The van der Waals surface area contributed by atoms with Crippen LogP contribution in [0.25, 0.3) is 0 Å². The predicted octanol–water partition coefficient (Wildman–Crippen LogP) is 3.49. The first-order chi connectivity index (χ1) is 11.3. The summed E-state index contributed by atoms with van der Waals surface area (Å²) in [4.78, 5) is 26.4. The van der Waals surface area contributed by atoms with Gasteiger partial charge in [0.25, 0.3) is 0 Å². The lowest BCUT2D eigenvalue weighted by atomic mass is 9.99. The van der Waals surface area contributed by atoms with E-state index in [1.165, 1.54) is 5.56 Å². The van der Waals surface area contributed by atoms with Crippen molar-refractivity contribution in [3.8, 4) is 0 Å². The molecule has 0 radical (unpaired) electrons. The SMILES string of the molecule is CC(C)Cc1ccc(C(=O)CCC(=O)N2CCOC(C)(C)C2)cc1. The van der Waals surface area contributed by atoms with Gasteiger partial charge in [0.15, 0.2) is 5.78 Å².